The van der Waals surface area contributed by atoms with Crippen molar-refractivity contribution in [3.8, 4) is 6.07 Å². The topological polar surface area (TPSA) is 53.1 Å². The van der Waals surface area contributed by atoms with E-state index in [0.717, 1.165) is 31.6 Å². The lowest BCUT2D eigenvalue weighted by molar-refractivity contribution is 0.804. The lowest BCUT2D eigenvalue weighted by atomic mass is 10.0. The van der Waals surface area contributed by atoms with Crippen LogP contribution in [0.15, 0.2) is 42.5 Å². The zero-order valence-corrected chi connectivity index (χ0v) is 11.3. The normalized spacial score (nSPS) is 14.2. The monoisotopic (exact) mass is 263 g/mol. The summed E-state index contributed by atoms with van der Waals surface area (Å²) >= 11 is 0. The maximum absolute atomic E-state index is 9.29. The van der Waals surface area contributed by atoms with Gasteiger partial charge in [0.15, 0.2) is 0 Å². The summed E-state index contributed by atoms with van der Waals surface area (Å²) in [7, 11) is 0. The fourth-order valence-electron chi connectivity index (χ4n) is 2.83. The maximum atomic E-state index is 9.29. The van der Waals surface area contributed by atoms with E-state index in [1.807, 2.05) is 12.1 Å². The predicted molar refractivity (Wildman–Crippen MR) is 81.6 cm³/mol. The Morgan fingerprint density at radius 3 is 2.25 bits per heavy atom. The number of nitrogens with zero attached hydrogens (tertiary/aromatic N) is 2. The Bertz CT molecular complexity index is 643. The maximum Gasteiger partial charge on any atom is 0.101 e. The standard InChI is InChI=1S/C17H17N3/c18-12-15-11-16(19)5-6-17(15)20-9-7-13-3-1-2-4-14(13)8-10-20/h1-6,11H,7-10,19H2. The van der Waals surface area contributed by atoms with E-state index in [4.69, 9.17) is 5.73 Å². The first-order chi connectivity index (χ1) is 9.78. The smallest absolute Gasteiger partial charge is 0.101 e. The minimum atomic E-state index is 0.642. The second-order valence-electron chi connectivity index (χ2n) is 5.14. The summed E-state index contributed by atoms with van der Waals surface area (Å²) < 4.78 is 0. The molecule has 0 bridgehead atoms. The highest BCUT2D eigenvalue weighted by Gasteiger charge is 2.16. The van der Waals surface area contributed by atoms with Crippen LogP contribution >= 0.6 is 0 Å². The van der Waals surface area contributed by atoms with Gasteiger partial charge in [-0.3, -0.25) is 0 Å². The third-order valence-corrected chi connectivity index (χ3v) is 3.90. The second kappa shape index (κ2) is 5.26. The first-order valence-corrected chi connectivity index (χ1v) is 6.89. The molecule has 0 atom stereocenters. The molecule has 1 aliphatic rings. The van der Waals surface area contributed by atoms with Crippen molar-refractivity contribution in [1.82, 2.24) is 0 Å². The molecule has 0 spiro atoms. The van der Waals surface area contributed by atoms with Crippen LogP contribution in [-0.2, 0) is 12.8 Å². The zero-order chi connectivity index (χ0) is 13.9. The van der Waals surface area contributed by atoms with Crippen LogP contribution < -0.4 is 10.6 Å². The Morgan fingerprint density at radius 1 is 1.00 bits per heavy atom. The van der Waals surface area contributed by atoms with Gasteiger partial charge in [-0.1, -0.05) is 24.3 Å². The molecule has 2 N–H and O–H groups in total. The third kappa shape index (κ3) is 2.33. The van der Waals surface area contributed by atoms with Crippen molar-refractivity contribution >= 4 is 11.4 Å². The van der Waals surface area contributed by atoms with Crippen molar-refractivity contribution < 1.29 is 0 Å². The number of hydrogen-bond donors (Lipinski definition) is 1. The number of fused-ring (bicyclic) bond motifs is 1. The Kier molecular flexibility index (Phi) is 3.30. The van der Waals surface area contributed by atoms with Gasteiger partial charge < -0.3 is 10.6 Å². The first-order valence-electron chi connectivity index (χ1n) is 6.89. The van der Waals surface area contributed by atoms with E-state index in [1.54, 1.807) is 6.07 Å². The predicted octanol–water partition coefficient (Wildman–Crippen LogP) is 2.75. The SMILES string of the molecule is N#Cc1cc(N)ccc1N1CCc2ccccc2CC1. The Morgan fingerprint density at radius 2 is 1.65 bits per heavy atom. The van der Waals surface area contributed by atoms with Gasteiger partial charge in [-0.2, -0.15) is 5.26 Å². The number of nitriles is 1. The first kappa shape index (κ1) is 12.6. The largest absolute Gasteiger partial charge is 0.399 e. The minimum Gasteiger partial charge on any atom is -0.399 e. The van der Waals surface area contributed by atoms with Crippen LogP contribution in [0.5, 0.6) is 0 Å². The third-order valence-electron chi connectivity index (χ3n) is 3.90. The Hall–Kier alpha value is -2.47. The quantitative estimate of drug-likeness (QED) is 0.805. The number of anilines is 2. The van der Waals surface area contributed by atoms with Crippen molar-refractivity contribution in [3.63, 3.8) is 0 Å². The van der Waals surface area contributed by atoms with Crippen LogP contribution in [0.4, 0.5) is 11.4 Å². The van der Waals surface area contributed by atoms with E-state index in [2.05, 4.69) is 35.2 Å². The molecule has 0 amide bonds. The molecular weight excluding hydrogens is 246 g/mol. The van der Waals surface area contributed by atoms with Gasteiger partial charge in [0.2, 0.25) is 0 Å². The van der Waals surface area contributed by atoms with E-state index >= 15 is 0 Å². The van der Waals surface area contributed by atoms with Crippen molar-refractivity contribution in [1.29, 1.82) is 5.26 Å². The van der Waals surface area contributed by atoms with Crippen LogP contribution in [0.1, 0.15) is 16.7 Å². The van der Waals surface area contributed by atoms with Gasteiger partial charge in [-0.05, 0) is 42.2 Å². The number of rotatable bonds is 1. The molecule has 0 fully saturated rings. The summed E-state index contributed by atoms with van der Waals surface area (Å²) in [6.07, 6.45) is 2.04. The van der Waals surface area contributed by atoms with E-state index in [-0.39, 0.29) is 0 Å². The summed E-state index contributed by atoms with van der Waals surface area (Å²) in [4.78, 5) is 2.29. The van der Waals surface area contributed by atoms with Crippen molar-refractivity contribution in [2.45, 2.75) is 12.8 Å². The van der Waals surface area contributed by atoms with Crippen molar-refractivity contribution in [2.24, 2.45) is 0 Å². The van der Waals surface area contributed by atoms with Gasteiger partial charge in [-0.15, -0.1) is 0 Å². The van der Waals surface area contributed by atoms with Gasteiger partial charge in [0.1, 0.15) is 6.07 Å². The summed E-state index contributed by atoms with van der Waals surface area (Å²) in [5.41, 5.74) is 10.9. The van der Waals surface area contributed by atoms with E-state index in [9.17, 15) is 5.26 Å². The lowest BCUT2D eigenvalue weighted by Crippen LogP contribution is -2.26. The van der Waals surface area contributed by atoms with Crippen LogP contribution in [0.3, 0.4) is 0 Å². The molecule has 0 radical (unpaired) electrons. The zero-order valence-electron chi connectivity index (χ0n) is 11.3. The molecule has 0 saturated carbocycles. The van der Waals surface area contributed by atoms with Gasteiger partial charge in [0, 0.05) is 18.8 Å². The molecule has 2 aromatic carbocycles. The van der Waals surface area contributed by atoms with Gasteiger partial charge in [0.25, 0.3) is 0 Å². The van der Waals surface area contributed by atoms with Gasteiger partial charge in [0.05, 0.1) is 11.3 Å². The molecule has 20 heavy (non-hydrogen) atoms. The van der Waals surface area contributed by atoms with Crippen LogP contribution in [0.2, 0.25) is 0 Å². The van der Waals surface area contributed by atoms with Crippen molar-refractivity contribution in [2.75, 3.05) is 23.7 Å². The molecule has 3 rings (SSSR count). The highest BCUT2D eigenvalue weighted by atomic mass is 15.1. The minimum absolute atomic E-state index is 0.642. The molecule has 2 aromatic rings. The Labute approximate surface area is 119 Å². The number of nitrogen functional groups attached to an aromatic ring is 1. The molecular formula is C17H17N3. The average Bonchev–Trinajstić information content (AvgIpc) is 2.70. The fourth-order valence-corrected chi connectivity index (χ4v) is 2.83. The van der Waals surface area contributed by atoms with E-state index in [1.165, 1.54) is 11.1 Å². The molecule has 0 unspecified atom stereocenters. The molecule has 3 nitrogen and oxygen atoms in total. The number of benzene rings is 2. The fraction of sp³-hybridized carbons (Fsp3) is 0.235. The highest BCUT2D eigenvalue weighted by Crippen LogP contribution is 2.25. The van der Waals surface area contributed by atoms with Gasteiger partial charge >= 0.3 is 0 Å². The highest BCUT2D eigenvalue weighted by molar-refractivity contribution is 5.64. The Balaban J connectivity index is 1.89. The van der Waals surface area contributed by atoms with Crippen LogP contribution in [-0.4, -0.2) is 13.1 Å². The number of nitrogens with two attached hydrogens (primary N) is 1. The molecule has 100 valence electrons. The molecule has 0 aliphatic carbocycles. The molecule has 1 aliphatic heterocycles. The summed E-state index contributed by atoms with van der Waals surface area (Å²) in [6, 6.07) is 16.4. The molecule has 0 aromatic heterocycles. The number of hydrogen-bond acceptors (Lipinski definition) is 3. The van der Waals surface area contributed by atoms with Crippen molar-refractivity contribution in [3.05, 3.63) is 59.2 Å². The molecule has 3 heteroatoms. The second-order valence-corrected chi connectivity index (χ2v) is 5.14. The summed E-state index contributed by atoms with van der Waals surface area (Å²) in [6.45, 7) is 1.88. The lowest BCUT2D eigenvalue weighted by Gasteiger charge is -2.23. The van der Waals surface area contributed by atoms with Crippen LogP contribution in [0, 0.1) is 11.3 Å². The molecule has 0 saturated heterocycles. The van der Waals surface area contributed by atoms with E-state index in [0.29, 0.717) is 11.3 Å². The van der Waals surface area contributed by atoms with Gasteiger partial charge in [-0.25, -0.2) is 0 Å². The van der Waals surface area contributed by atoms with E-state index < -0.39 is 0 Å². The van der Waals surface area contributed by atoms with Crippen LogP contribution in [0.25, 0.3) is 0 Å². The average molecular weight is 263 g/mol. The summed E-state index contributed by atoms with van der Waals surface area (Å²) in [5.74, 6) is 0. The summed E-state index contributed by atoms with van der Waals surface area (Å²) in [5, 5.41) is 9.29. The molecule has 1 heterocycles.